The van der Waals surface area contributed by atoms with Gasteiger partial charge < -0.3 is 19.3 Å². The van der Waals surface area contributed by atoms with E-state index < -0.39 is 23.3 Å². The minimum Gasteiger partial charge on any atom is -0.497 e. The van der Waals surface area contributed by atoms with E-state index in [9.17, 15) is 18.8 Å². The van der Waals surface area contributed by atoms with Crippen molar-refractivity contribution < 1.29 is 23.5 Å². The fourth-order valence-corrected chi connectivity index (χ4v) is 3.79. The van der Waals surface area contributed by atoms with Gasteiger partial charge in [0.25, 0.3) is 5.56 Å². The van der Waals surface area contributed by atoms with Crippen LogP contribution in [0.5, 0.6) is 5.75 Å². The van der Waals surface area contributed by atoms with E-state index in [1.165, 1.54) is 46.9 Å². The van der Waals surface area contributed by atoms with E-state index in [1.807, 2.05) is 0 Å². The molecule has 2 aromatic rings. The number of pyridine rings is 1. The number of anilines is 1. The molecule has 0 N–H and O–H groups in total. The lowest BCUT2D eigenvalue weighted by molar-refractivity contribution is -0.133. The van der Waals surface area contributed by atoms with Crippen molar-refractivity contribution in [1.82, 2.24) is 9.47 Å². The van der Waals surface area contributed by atoms with Crippen molar-refractivity contribution in [2.75, 3.05) is 46.4 Å². The van der Waals surface area contributed by atoms with Crippen LogP contribution in [-0.4, -0.2) is 62.7 Å². The number of aromatic nitrogens is 1. The predicted molar refractivity (Wildman–Crippen MR) is 113 cm³/mol. The molecule has 8 nitrogen and oxygen atoms in total. The zero-order valence-electron chi connectivity index (χ0n) is 18.0. The number of hydrogen-bond donors (Lipinski definition) is 0. The van der Waals surface area contributed by atoms with Crippen molar-refractivity contribution in [2.45, 2.75) is 18.4 Å². The summed E-state index contributed by atoms with van der Waals surface area (Å²) in [6, 6.07) is 6.80. The first-order chi connectivity index (χ1) is 14.8. The van der Waals surface area contributed by atoms with Crippen molar-refractivity contribution in [3.05, 3.63) is 58.3 Å². The number of amides is 2. The normalized spacial score (nSPS) is 17.0. The van der Waals surface area contributed by atoms with Gasteiger partial charge in [-0.3, -0.25) is 19.0 Å². The molecule has 2 amide bonds. The van der Waals surface area contributed by atoms with Gasteiger partial charge >= 0.3 is 0 Å². The maximum Gasteiger partial charge on any atom is 0.275 e. The van der Waals surface area contributed by atoms with Crippen LogP contribution in [0.2, 0.25) is 0 Å². The Labute approximate surface area is 179 Å². The lowest BCUT2D eigenvalue weighted by Gasteiger charge is -2.24. The molecule has 2 heterocycles. The van der Waals surface area contributed by atoms with Gasteiger partial charge in [0, 0.05) is 52.4 Å². The maximum atomic E-state index is 14.5. The number of halogens is 1. The van der Waals surface area contributed by atoms with Gasteiger partial charge in [0.1, 0.15) is 23.3 Å². The SMILES string of the molecule is COCC(C(=O)N(C)C)n1cccc(N2C[C@@H](c3ccc(OC)cc3F)CC2=O)c1=O. The van der Waals surface area contributed by atoms with E-state index in [-0.39, 0.29) is 37.1 Å². The molecule has 0 aliphatic carbocycles. The summed E-state index contributed by atoms with van der Waals surface area (Å²) in [5.74, 6) is -1.04. The Hall–Kier alpha value is -3.20. The van der Waals surface area contributed by atoms with Crippen LogP contribution in [0.25, 0.3) is 0 Å². The molecule has 1 aromatic carbocycles. The molecule has 0 radical (unpaired) electrons. The summed E-state index contributed by atoms with van der Waals surface area (Å²) >= 11 is 0. The zero-order valence-corrected chi connectivity index (χ0v) is 18.0. The number of methoxy groups -OCH3 is 2. The Bertz CT molecular complexity index is 1040. The average molecular weight is 431 g/mol. The predicted octanol–water partition coefficient (Wildman–Crippen LogP) is 1.79. The van der Waals surface area contributed by atoms with Crippen molar-refractivity contribution in [3.8, 4) is 5.75 Å². The number of ether oxygens (including phenoxy) is 2. The number of hydrogen-bond acceptors (Lipinski definition) is 5. The summed E-state index contributed by atoms with van der Waals surface area (Å²) in [7, 11) is 6.09. The highest BCUT2D eigenvalue weighted by molar-refractivity contribution is 5.96. The van der Waals surface area contributed by atoms with Gasteiger partial charge in [0.2, 0.25) is 11.8 Å². The molecule has 0 saturated carbocycles. The molecule has 9 heteroatoms. The van der Waals surface area contributed by atoms with E-state index in [0.717, 1.165) is 0 Å². The van der Waals surface area contributed by atoms with E-state index in [4.69, 9.17) is 9.47 Å². The highest BCUT2D eigenvalue weighted by Gasteiger charge is 2.35. The summed E-state index contributed by atoms with van der Waals surface area (Å²) in [4.78, 5) is 41.2. The molecule has 1 aliphatic heterocycles. The van der Waals surface area contributed by atoms with Crippen LogP contribution in [0, 0.1) is 5.82 Å². The summed E-state index contributed by atoms with van der Waals surface area (Å²) in [6.07, 6.45) is 1.58. The van der Waals surface area contributed by atoms with Gasteiger partial charge in [-0.25, -0.2) is 4.39 Å². The quantitative estimate of drug-likeness (QED) is 0.668. The fourth-order valence-electron chi connectivity index (χ4n) is 3.79. The second-order valence-electron chi connectivity index (χ2n) is 7.60. The molecule has 1 aliphatic rings. The highest BCUT2D eigenvalue weighted by atomic mass is 19.1. The largest absolute Gasteiger partial charge is 0.497 e. The van der Waals surface area contributed by atoms with Gasteiger partial charge in [-0.05, 0) is 23.8 Å². The Morgan fingerprint density at radius 2 is 2.00 bits per heavy atom. The van der Waals surface area contributed by atoms with Crippen LogP contribution < -0.4 is 15.2 Å². The van der Waals surface area contributed by atoms with Crippen molar-refractivity contribution >= 4 is 17.5 Å². The van der Waals surface area contributed by atoms with Crippen LogP contribution in [-0.2, 0) is 14.3 Å². The first-order valence-corrected chi connectivity index (χ1v) is 9.83. The lowest BCUT2D eigenvalue weighted by Crippen LogP contribution is -2.41. The van der Waals surface area contributed by atoms with Crippen LogP contribution >= 0.6 is 0 Å². The first kappa shape index (κ1) is 22.5. The molecule has 1 unspecified atom stereocenters. The Balaban J connectivity index is 1.93. The number of benzene rings is 1. The Morgan fingerprint density at radius 3 is 2.61 bits per heavy atom. The summed E-state index contributed by atoms with van der Waals surface area (Å²) in [5.41, 5.74) is 0.0634. The van der Waals surface area contributed by atoms with Crippen LogP contribution in [0.4, 0.5) is 10.1 Å². The van der Waals surface area contributed by atoms with Gasteiger partial charge in [-0.15, -0.1) is 0 Å². The van der Waals surface area contributed by atoms with Gasteiger partial charge in [-0.1, -0.05) is 6.07 Å². The lowest BCUT2D eigenvalue weighted by atomic mass is 9.97. The molecular weight excluding hydrogens is 405 g/mol. The van der Waals surface area contributed by atoms with Crippen molar-refractivity contribution in [1.29, 1.82) is 0 Å². The highest BCUT2D eigenvalue weighted by Crippen LogP contribution is 2.33. The second-order valence-corrected chi connectivity index (χ2v) is 7.60. The van der Waals surface area contributed by atoms with E-state index in [2.05, 4.69) is 0 Å². The van der Waals surface area contributed by atoms with E-state index in [0.29, 0.717) is 11.3 Å². The first-order valence-electron chi connectivity index (χ1n) is 9.83. The molecule has 1 fully saturated rings. The molecule has 0 spiro atoms. The summed E-state index contributed by atoms with van der Waals surface area (Å²) in [6.45, 7) is 0.173. The minimum atomic E-state index is -0.861. The van der Waals surface area contributed by atoms with E-state index in [1.54, 1.807) is 32.3 Å². The number of rotatable bonds is 7. The molecule has 1 saturated heterocycles. The van der Waals surface area contributed by atoms with Crippen molar-refractivity contribution in [2.24, 2.45) is 0 Å². The van der Waals surface area contributed by atoms with E-state index >= 15 is 0 Å². The number of carbonyl (C=O) groups is 2. The fraction of sp³-hybridized carbons (Fsp3) is 0.409. The molecule has 2 atom stereocenters. The second kappa shape index (κ2) is 9.30. The topological polar surface area (TPSA) is 81.1 Å². The molecular formula is C22H26FN3O5. The smallest absolute Gasteiger partial charge is 0.275 e. The monoisotopic (exact) mass is 431 g/mol. The average Bonchev–Trinajstić information content (AvgIpc) is 3.12. The van der Waals surface area contributed by atoms with Gasteiger partial charge in [0.15, 0.2) is 0 Å². The van der Waals surface area contributed by atoms with Crippen LogP contribution in [0.15, 0.2) is 41.3 Å². The molecule has 3 rings (SSSR count). The third kappa shape index (κ3) is 4.46. The minimum absolute atomic E-state index is 0.00794. The van der Waals surface area contributed by atoms with Crippen molar-refractivity contribution in [3.63, 3.8) is 0 Å². The summed E-state index contributed by atoms with van der Waals surface area (Å²) < 4.78 is 26.0. The molecule has 1 aromatic heterocycles. The third-order valence-electron chi connectivity index (χ3n) is 5.40. The standard InChI is InChI=1S/C22H26FN3O5/c1-24(2)21(28)19(13-30-3)25-9-5-6-18(22(25)29)26-12-14(10-20(26)27)16-8-7-15(31-4)11-17(16)23/h5-9,11,14,19H,10,12-13H2,1-4H3/t14-,19?/m0/s1. The van der Waals surface area contributed by atoms with Gasteiger partial charge in [0.05, 0.1) is 13.7 Å². The summed E-state index contributed by atoms with van der Waals surface area (Å²) in [5, 5.41) is 0. The van der Waals surface area contributed by atoms with Crippen LogP contribution in [0.1, 0.15) is 23.9 Å². The third-order valence-corrected chi connectivity index (χ3v) is 5.40. The van der Waals surface area contributed by atoms with Gasteiger partial charge in [-0.2, -0.15) is 0 Å². The Kier molecular flexibility index (Phi) is 6.74. The zero-order chi connectivity index (χ0) is 22.7. The van der Waals surface area contributed by atoms with Crippen LogP contribution in [0.3, 0.4) is 0 Å². The Morgan fingerprint density at radius 1 is 1.26 bits per heavy atom. The molecule has 31 heavy (non-hydrogen) atoms. The number of carbonyl (C=O) groups excluding carboxylic acids is 2. The number of nitrogens with zero attached hydrogens (tertiary/aromatic N) is 3. The molecule has 0 bridgehead atoms. The molecule has 166 valence electrons. The maximum absolute atomic E-state index is 14.5. The number of likely N-dealkylation sites (N-methyl/N-ethyl adjacent to an activating group) is 1.